The summed E-state index contributed by atoms with van der Waals surface area (Å²) in [5, 5.41) is 11.3. The van der Waals surface area contributed by atoms with E-state index < -0.39 is 27.6 Å². The lowest BCUT2D eigenvalue weighted by Crippen LogP contribution is -2.28. The van der Waals surface area contributed by atoms with Gasteiger partial charge in [-0.3, -0.25) is 9.59 Å². The van der Waals surface area contributed by atoms with E-state index in [0.717, 1.165) is 0 Å². The van der Waals surface area contributed by atoms with Crippen molar-refractivity contribution in [1.82, 2.24) is 5.32 Å². The number of hydrogen-bond donors (Lipinski definition) is 2. The average molecular weight is 313 g/mol. The van der Waals surface area contributed by atoms with Gasteiger partial charge in [0.1, 0.15) is 0 Å². The third kappa shape index (κ3) is 4.56. The predicted molar refractivity (Wildman–Crippen MR) is 77.9 cm³/mol. The average Bonchev–Trinajstić information content (AvgIpc) is 2.46. The zero-order valence-electron chi connectivity index (χ0n) is 12.0. The van der Waals surface area contributed by atoms with E-state index in [9.17, 15) is 18.0 Å². The summed E-state index contributed by atoms with van der Waals surface area (Å²) in [7, 11) is -3.48. The van der Waals surface area contributed by atoms with Crippen LogP contribution in [-0.2, 0) is 14.6 Å². The highest BCUT2D eigenvalue weighted by molar-refractivity contribution is 7.91. The third-order valence-electron chi connectivity index (χ3n) is 3.13. The lowest BCUT2D eigenvalue weighted by molar-refractivity contribution is -0.141. The third-order valence-corrected chi connectivity index (χ3v) is 4.92. The first-order valence-electron chi connectivity index (χ1n) is 6.62. The summed E-state index contributed by atoms with van der Waals surface area (Å²) in [5.41, 5.74) is 0.0855. The fourth-order valence-electron chi connectivity index (χ4n) is 1.70. The van der Waals surface area contributed by atoms with Gasteiger partial charge in [0, 0.05) is 6.54 Å². The summed E-state index contributed by atoms with van der Waals surface area (Å²) in [6, 6.07) is 5.99. The van der Waals surface area contributed by atoms with Crippen molar-refractivity contribution in [2.24, 2.45) is 5.92 Å². The van der Waals surface area contributed by atoms with Gasteiger partial charge in [0.25, 0.3) is 5.91 Å². The molecule has 1 atom stereocenters. The number of carboxylic acid groups (broad SMARTS) is 1. The van der Waals surface area contributed by atoms with Crippen molar-refractivity contribution < 1.29 is 23.1 Å². The lowest BCUT2D eigenvalue weighted by Gasteiger charge is -2.11. The maximum absolute atomic E-state index is 12.1. The van der Waals surface area contributed by atoms with Gasteiger partial charge in [0.05, 0.1) is 22.1 Å². The second-order valence-corrected chi connectivity index (χ2v) is 6.93. The molecule has 1 aromatic carbocycles. The Balaban J connectivity index is 2.83. The molecule has 0 aliphatic rings. The van der Waals surface area contributed by atoms with Crippen molar-refractivity contribution in [3.05, 3.63) is 29.8 Å². The van der Waals surface area contributed by atoms with Gasteiger partial charge in [-0.15, -0.1) is 0 Å². The molecular formula is C14H19NO5S. The van der Waals surface area contributed by atoms with Gasteiger partial charge in [-0.25, -0.2) is 8.42 Å². The standard InChI is InChI=1S/C14H19NO5S/c1-3-21(19,20)12-7-5-4-6-11(12)13(16)15-9-8-10(2)14(17)18/h4-7,10H,3,8-9H2,1-2H3,(H,15,16)(H,17,18). The minimum atomic E-state index is -3.48. The molecule has 0 fully saturated rings. The fourth-order valence-corrected chi connectivity index (χ4v) is 2.79. The molecule has 0 spiro atoms. The van der Waals surface area contributed by atoms with E-state index in [4.69, 9.17) is 5.11 Å². The van der Waals surface area contributed by atoms with Gasteiger partial charge in [-0.1, -0.05) is 26.0 Å². The molecule has 6 nitrogen and oxygen atoms in total. The molecule has 1 rings (SSSR count). The van der Waals surface area contributed by atoms with Crippen LogP contribution >= 0.6 is 0 Å². The van der Waals surface area contributed by atoms with Crippen LogP contribution in [0.3, 0.4) is 0 Å². The smallest absolute Gasteiger partial charge is 0.306 e. The number of nitrogens with one attached hydrogen (secondary N) is 1. The monoisotopic (exact) mass is 313 g/mol. The molecule has 0 saturated carbocycles. The SMILES string of the molecule is CCS(=O)(=O)c1ccccc1C(=O)NCCC(C)C(=O)O. The van der Waals surface area contributed by atoms with Crippen LogP contribution in [0.15, 0.2) is 29.2 Å². The first-order valence-corrected chi connectivity index (χ1v) is 8.27. The van der Waals surface area contributed by atoms with Crippen LogP contribution < -0.4 is 5.32 Å². The van der Waals surface area contributed by atoms with Crippen LogP contribution in [-0.4, -0.2) is 37.7 Å². The highest BCUT2D eigenvalue weighted by Gasteiger charge is 2.20. The summed E-state index contributed by atoms with van der Waals surface area (Å²) in [5.74, 6) is -2.11. The Hall–Kier alpha value is -1.89. The molecule has 1 unspecified atom stereocenters. The molecule has 0 aromatic heterocycles. The van der Waals surface area contributed by atoms with Gasteiger partial charge in [0.15, 0.2) is 9.84 Å². The second-order valence-electron chi connectivity index (χ2n) is 4.68. The zero-order valence-corrected chi connectivity index (χ0v) is 12.8. The highest BCUT2D eigenvalue weighted by Crippen LogP contribution is 2.17. The maximum atomic E-state index is 12.1. The molecule has 0 radical (unpaired) electrons. The minimum Gasteiger partial charge on any atom is -0.481 e. The Kier molecular flexibility index (Phi) is 5.90. The van der Waals surface area contributed by atoms with Crippen LogP contribution in [0.1, 0.15) is 30.6 Å². The lowest BCUT2D eigenvalue weighted by atomic mass is 10.1. The molecule has 1 amide bonds. The van der Waals surface area contributed by atoms with Gasteiger partial charge >= 0.3 is 5.97 Å². The summed E-state index contributed by atoms with van der Waals surface area (Å²) in [6.07, 6.45) is 0.282. The molecule has 7 heteroatoms. The van der Waals surface area contributed by atoms with Gasteiger partial charge in [0.2, 0.25) is 0 Å². The van der Waals surface area contributed by atoms with E-state index >= 15 is 0 Å². The Morgan fingerprint density at radius 1 is 1.29 bits per heavy atom. The maximum Gasteiger partial charge on any atom is 0.306 e. The molecule has 0 aliphatic heterocycles. The summed E-state index contributed by atoms with van der Waals surface area (Å²) < 4.78 is 23.9. The van der Waals surface area contributed by atoms with E-state index in [0.29, 0.717) is 0 Å². The zero-order chi connectivity index (χ0) is 16.0. The van der Waals surface area contributed by atoms with Gasteiger partial charge < -0.3 is 10.4 Å². The Morgan fingerprint density at radius 2 is 1.90 bits per heavy atom. The van der Waals surface area contributed by atoms with Crippen molar-refractivity contribution in [2.45, 2.75) is 25.2 Å². The van der Waals surface area contributed by atoms with Crippen molar-refractivity contribution in [3.63, 3.8) is 0 Å². The van der Waals surface area contributed by atoms with Crippen LogP contribution in [0.4, 0.5) is 0 Å². The number of aliphatic carboxylic acids is 1. The molecule has 116 valence electrons. The van der Waals surface area contributed by atoms with Gasteiger partial charge in [-0.05, 0) is 18.6 Å². The second kappa shape index (κ2) is 7.21. The normalized spacial score (nSPS) is 12.7. The Labute approximate surface area is 124 Å². The number of carbonyl (C=O) groups excluding carboxylic acids is 1. The van der Waals surface area contributed by atoms with Crippen molar-refractivity contribution >= 4 is 21.7 Å². The van der Waals surface area contributed by atoms with Crippen LogP contribution in [0.25, 0.3) is 0 Å². The van der Waals surface area contributed by atoms with Crippen molar-refractivity contribution in [3.8, 4) is 0 Å². The first kappa shape index (κ1) is 17.2. The van der Waals surface area contributed by atoms with Gasteiger partial charge in [-0.2, -0.15) is 0 Å². The van der Waals surface area contributed by atoms with Crippen molar-refractivity contribution in [1.29, 1.82) is 0 Å². The number of amides is 1. The first-order chi connectivity index (χ1) is 9.79. The van der Waals surface area contributed by atoms with Crippen LogP contribution in [0.2, 0.25) is 0 Å². The van der Waals surface area contributed by atoms with Crippen LogP contribution in [0, 0.1) is 5.92 Å². The summed E-state index contributed by atoms with van der Waals surface area (Å²) in [6.45, 7) is 3.23. The molecule has 0 saturated heterocycles. The van der Waals surface area contributed by atoms with E-state index in [1.807, 2.05) is 0 Å². The summed E-state index contributed by atoms with van der Waals surface area (Å²) in [4.78, 5) is 22.7. The van der Waals surface area contributed by atoms with E-state index in [-0.39, 0.29) is 29.2 Å². The molecule has 21 heavy (non-hydrogen) atoms. The molecule has 0 heterocycles. The topological polar surface area (TPSA) is 101 Å². The largest absolute Gasteiger partial charge is 0.481 e. The molecular weight excluding hydrogens is 294 g/mol. The molecule has 0 aliphatic carbocycles. The highest BCUT2D eigenvalue weighted by atomic mass is 32.2. The quantitative estimate of drug-likeness (QED) is 0.790. The van der Waals surface area contributed by atoms with E-state index in [1.165, 1.54) is 19.1 Å². The molecule has 2 N–H and O–H groups in total. The minimum absolute atomic E-state index is 0.00344. The number of sulfone groups is 1. The van der Waals surface area contributed by atoms with Crippen LogP contribution in [0.5, 0.6) is 0 Å². The van der Waals surface area contributed by atoms with E-state index in [2.05, 4.69) is 5.32 Å². The predicted octanol–water partition coefficient (Wildman–Crippen LogP) is 1.32. The van der Waals surface area contributed by atoms with Crippen molar-refractivity contribution in [2.75, 3.05) is 12.3 Å². The Morgan fingerprint density at radius 3 is 2.48 bits per heavy atom. The Bertz CT molecular complexity index is 624. The number of hydrogen-bond acceptors (Lipinski definition) is 4. The van der Waals surface area contributed by atoms with E-state index in [1.54, 1.807) is 19.1 Å². The summed E-state index contributed by atoms with van der Waals surface area (Å²) >= 11 is 0. The number of carboxylic acids is 1. The molecule has 1 aromatic rings. The number of benzene rings is 1. The number of carbonyl (C=O) groups is 2. The number of rotatable bonds is 7. The molecule has 0 bridgehead atoms. The fraction of sp³-hybridized carbons (Fsp3) is 0.429.